The molecule has 0 amide bonds. The number of aromatic amines is 1. The number of methoxy groups -OCH3 is 1. The number of benzene rings is 2. The fourth-order valence-electron chi connectivity index (χ4n) is 3.03. The predicted molar refractivity (Wildman–Crippen MR) is 103 cm³/mol. The average molecular weight is 356 g/mol. The summed E-state index contributed by atoms with van der Waals surface area (Å²) in [7, 11) is 1.70. The second-order valence-electron chi connectivity index (χ2n) is 6.16. The van der Waals surface area contributed by atoms with Crippen LogP contribution in [0.4, 0.5) is 4.39 Å². The van der Waals surface area contributed by atoms with Crippen molar-refractivity contribution in [1.82, 2.24) is 10.3 Å². The molecule has 138 valence electrons. The Morgan fingerprint density at radius 1 is 1.15 bits per heavy atom. The van der Waals surface area contributed by atoms with Gasteiger partial charge in [0.2, 0.25) is 0 Å². The SMILES string of the molecule is COc1cccc2[nH]cc(CCNCc3cccc(OCCCF)c3)c12. The van der Waals surface area contributed by atoms with E-state index < -0.39 is 0 Å². The second-order valence-corrected chi connectivity index (χ2v) is 6.16. The van der Waals surface area contributed by atoms with Gasteiger partial charge in [-0.15, -0.1) is 0 Å². The van der Waals surface area contributed by atoms with E-state index in [4.69, 9.17) is 9.47 Å². The number of fused-ring (bicyclic) bond motifs is 1. The molecule has 5 heteroatoms. The molecular weight excluding hydrogens is 331 g/mol. The summed E-state index contributed by atoms with van der Waals surface area (Å²) < 4.78 is 23.2. The van der Waals surface area contributed by atoms with Gasteiger partial charge in [0.1, 0.15) is 11.5 Å². The second kappa shape index (κ2) is 9.25. The number of H-pyrrole nitrogens is 1. The third kappa shape index (κ3) is 4.55. The molecule has 0 spiro atoms. The number of hydrogen-bond acceptors (Lipinski definition) is 3. The monoisotopic (exact) mass is 356 g/mol. The quantitative estimate of drug-likeness (QED) is 0.534. The van der Waals surface area contributed by atoms with E-state index in [1.807, 2.05) is 36.5 Å². The van der Waals surface area contributed by atoms with Gasteiger partial charge in [0, 0.05) is 30.1 Å². The normalized spacial score (nSPS) is 11.0. The van der Waals surface area contributed by atoms with Crippen molar-refractivity contribution >= 4 is 10.9 Å². The minimum atomic E-state index is -0.347. The molecule has 0 aliphatic carbocycles. The van der Waals surface area contributed by atoms with E-state index in [0.29, 0.717) is 13.0 Å². The standard InChI is InChI=1S/C21H25FN2O2/c1-25-20-8-3-7-19-21(20)17(15-24-19)9-11-23-14-16-5-2-6-18(13-16)26-12-4-10-22/h2-3,5-8,13,15,23-24H,4,9-12,14H2,1H3. The lowest BCUT2D eigenvalue weighted by molar-refractivity contribution is 0.289. The number of halogens is 1. The van der Waals surface area contributed by atoms with Gasteiger partial charge in [0.15, 0.2) is 0 Å². The highest BCUT2D eigenvalue weighted by molar-refractivity contribution is 5.89. The lowest BCUT2D eigenvalue weighted by Gasteiger charge is -2.09. The Bertz CT molecular complexity index is 832. The number of hydrogen-bond donors (Lipinski definition) is 2. The Morgan fingerprint density at radius 3 is 2.88 bits per heavy atom. The molecule has 0 saturated carbocycles. The first-order valence-corrected chi connectivity index (χ1v) is 8.93. The first kappa shape index (κ1) is 18.3. The van der Waals surface area contributed by atoms with Crippen LogP contribution in [0.2, 0.25) is 0 Å². The van der Waals surface area contributed by atoms with Crippen LogP contribution in [-0.2, 0) is 13.0 Å². The maximum atomic E-state index is 12.1. The molecular formula is C21H25FN2O2. The molecule has 2 aromatic carbocycles. The van der Waals surface area contributed by atoms with E-state index in [9.17, 15) is 4.39 Å². The van der Waals surface area contributed by atoms with Crippen LogP contribution in [0, 0.1) is 0 Å². The average Bonchev–Trinajstić information content (AvgIpc) is 3.09. The summed E-state index contributed by atoms with van der Waals surface area (Å²) in [5.41, 5.74) is 3.49. The van der Waals surface area contributed by atoms with Gasteiger partial charge in [-0.25, -0.2) is 0 Å². The van der Waals surface area contributed by atoms with Crippen molar-refractivity contribution in [2.24, 2.45) is 0 Å². The van der Waals surface area contributed by atoms with E-state index in [2.05, 4.69) is 22.4 Å². The van der Waals surface area contributed by atoms with E-state index in [-0.39, 0.29) is 6.67 Å². The number of ether oxygens (including phenoxy) is 2. The van der Waals surface area contributed by atoms with E-state index >= 15 is 0 Å². The van der Waals surface area contributed by atoms with Crippen LogP contribution >= 0.6 is 0 Å². The molecule has 0 bridgehead atoms. The number of alkyl halides is 1. The molecule has 4 nitrogen and oxygen atoms in total. The molecule has 0 saturated heterocycles. The maximum Gasteiger partial charge on any atom is 0.128 e. The summed E-state index contributed by atoms with van der Waals surface area (Å²) in [6.45, 7) is 1.69. The van der Waals surface area contributed by atoms with Crippen LogP contribution < -0.4 is 14.8 Å². The molecule has 1 heterocycles. The first-order valence-electron chi connectivity index (χ1n) is 8.93. The van der Waals surface area contributed by atoms with Crippen molar-refractivity contribution in [1.29, 1.82) is 0 Å². The molecule has 26 heavy (non-hydrogen) atoms. The van der Waals surface area contributed by atoms with Gasteiger partial charge in [-0.1, -0.05) is 18.2 Å². The zero-order valence-electron chi connectivity index (χ0n) is 15.1. The molecule has 0 radical (unpaired) electrons. The van der Waals surface area contributed by atoms with Crippen LogP contribution in [0.5, 0.6) is 11.5 Å². The van der Waals surface area contributed by atoms with Gasteiger partial charge in [-0.3, -0.25) is 4.39 Å². The first-order chi connectivity index (χ1) is 12.8. The fraction of sp³-hybridized carbons (Fsp3) is 0.333. The van der Waals surface area contributed by atoms with E-state index in [1.54, 1.807) is 7.11 Å². The van der Waals surface area contributed by atoms with Gasteiger partial charge in [0.05, 0.1) is 20.4 Å². The maximum absolute atomic E-state index is 12.1. The van der Waals surface area contributed by atoms with Gasteiger partial charge in [-0.2, -0.15) is 0 Å². The van der Waals surface area contributed by atoms with Gasteiger partial charge in [-0.05, 0) is 48.4 Å². The predicted octanol–water partition coefficient (Wildman–Crippen LogP) is 4.25. The van der Waals surface area contributed by atoms with Crippen LogP contribution in [0.15, 0.2) is 48.7 Å². The topological polar surface area (TPSA) is 46.3 Å². The molecule has 0 unspecified atom stereocenters. The number of aromatic nitrogens is 1. The summed E-state index contributed by atoms with van der Waals surface area (Å²) in [5, 5.41) is 4.62. The Labute approximate surface area is 153 Å². The Hall–Kier alpha value is -2.53. The molecule has 3 rings (SSSR count). The van der Waals surface area contributed by atoms with E-state index in [1.165, 1.54) is 5.56 Å². The summed E-state index contributed by atoms with van der Waals surface area (Å²) >= 11 is 0. The molecule has 1 aromatic heterocycles. The smallest absolute Gasteiger partial charge is 0.128 e. The molecule has 0 atom stereocenters. The van der Waals surface area contributed by atoms with Crippen molar-refractivity contribution in [2.45, 2.75) is 19.4 Å². The van der Waals surface area contributed by atoms with Crippen molar-refractivity contribution < 1.29 is 13.9 Å². The molecule has 2 N–H and O–H groups in total. The van der Waals surface area contributed by atoms with Crippen molar-refractivity contribution in [3.63, 3.8) is 0 Å². The highest BCUT2D eigenvalue weighted by atomic mass is 19.1. The summed E-state index contributed by atoms with van der Waals surface area (Å²) in [6, 6.07) is 14.0. The van der Waals surface area contributed by atoms with E-state index in [0.717, 1.165) is 47.5 Å². The van der Waals surface area contributed by atoms with Gasteiger partial charge >= 0.3 is 0 Å². The molecule has 0 aliphatic heterocycles. The van der Waals surface area contributed by atoms with Crippen molar-refractivity contribution in [3.8, 4) is 11.5 Å². The Kier molecular flexibility index (Phi) is 6.50. The van der Waals surface area contributed by atoms with Gasteiger partial charge in [0.25, 0.3) is 0 Å². The molecule has 0 fully saturated rings. The third-order valence-corrected chi connectivity index (χ3v) is 4.31. The summed E-state index contributed by atoms with van der Waals surface area (Å²) in [5.74, 6) is 1.69. The largest absolute Gasteiger partial charge is 0.496 e. The minimum Gasteiger partial charge on any atom is -0.496 e. The highest BCUT2D eigenvalue weighted by Gasteiger charge is 2.08. The van der Waals surface area contributed by atoms with Crippen LogP contribution in [0.1, 0.15) is 17.5 Å². The lowest BCUT2D eigenvalue weighted by Crippen LogP contribution is -2.16. The van der Waals surface area contributed by atoms with Crippen LogP contribution in [-0.4, -0.2) is 31.9 Å². The molecule has 3 aromatic rings. The highest BCUT2D eigenvalue weighted by Crippen LogP contribution is 2.28. The van der Waals surface area contributed by atoms with Crippen molar-refractivity contribution in [3.05, 3.63) is 59.8 Å². The lowest BCUT2D eigenvalue weighted by atomic mass is 10.1. The zero-order chi connectivity index (χ0) is 18.2. The van der Waals surface area contributed by atoms with Crippen LogP contribution in [0.3, 0.4) is 0 Å². The van der Waals surface area contributed by atoms with Crippen LogP contribution in [0.25, 0.3) is 10.9 Å². The molecule has 0 aliphatic rings. The zero-order valence-corrected chi connectivity index (χ0v) is 15.1. The fourth-order valence-corrected chi connectivity index (χ4v) is 3.03. The Balaban J connectivity index is 1.52. The minimum absolute atomic E-state index is 0.347. The van der Waals surface area contributed by atoms with Crippen molar-refractivity contribution in [2.75, 3.05) is 26.9 Å². The van der Waals surface area contributed by atoms with Gasteiger partial charge < -0.3 is 19.8 Å². The Morgan fingerprint density at radius 2 is 2.04 bits per heavy atom. The number of rotatable bonds is 10. The summed E-state index contributed by atoms with van der Waals surface area (Å²) in [4.78, 5) is 3.30. The summed E-state index contributed by atoms with van der Waals surface area (Å²) in [6.07, 6.45) is 3.39. The third-order valence-electron chi connectivity index (χ3n) is 4.31. The number of nitrogens with one attached hydrogen (secondary N) is 2.